The second-order valence-electron chi connectivity index (χ2n) is 33.0. The molecule has 10 aromatic carbocycles. The van der Waals surface area contributed by atoms with Crippen LogP contribution < -0.4 is 23.7 Å². The normalized spacial score (nSPS) is 13.6. The van der Waals surface area contributed by atoms with Gasteiger partial charge in [0.1, 0.15) is 79.0 Å². The lowest BCUT2D eigenvalue weighted by Crippen LogP contribution is -2.40. The number of carbonyl (C=O) groups excluding carboxylic acids is 5. The van der Waals surface area contributed by atoms with Crippen molar-refractivity contribution in [2.75, 3.05) is 32.7 Å². The zero-order valence-corrected chi connectivity index (χ0v) is 75.5. The first-order valence-corrected chi connectivity index (χ1v) is 44.8. The molecular weight excluding hydrogens is 1720 g/mol. The van der Waals surface area contributed by atoms with E-state index in [1.165, 1.54) is 24.3 Å². The van der Waals surface area contributed by atoms with E-state index in [0.717, 1.165) is 91.3 Å². The van der Waals surface area contributed by atoms with E-state index in [-0.39, 0.29) is 53.5 Å². The highest BCUT2D eigenvalue weighted by Crippen LogP contribution is 2.31. The van der Waals surface area contributed by atoms with Gasteiger partial charge in [-0.05, 0) is 131 Å². The maximum Gasteiger partial charge on any atom is 0.272 e. The number of hydrogen-bond acceptors (Lipinski definition) is 15. The van der Waals surface area contributed by atoms with E-state index >= 15 is 0 Å². The predicted octanol–water partition coefficient (Wildman–Crippen LogP) is 18.3. The van der Waals surface area contributed by atoms with E-state index in [9.17, 15) is 37.1 Å². The van der Waals surface area contributed by atoms with Gasteiger partial charge in [-0.3, -0.25) is 47.4 Å². The fourth-order valence-corrected chi connectivity index (χ4v) is 16.2. The summed E-state index contributed by atoms with van der Waals surface area (Å²) in [7, 11) is 0. The Balaban J connectivity index is 0.000000122. The molecule has 0 saturated heterocycles. The summed E-state index contributed by atoms with van der Waals surface area (Å²) in [5, 5.41) is 22.7. The van der Waals surface area contributed by atoms with Gasteiger partial charge in [0, 0.05) is 113 Å². The first-order chi connectivity index (χ1) is 65.2. The van der Waals surface area contributed by atoms with Crippen molar-refractivity contribution in [3.05, 3.63) is 414 Å². The van der Waals surface area contributed by atoms with Crippen molar-refractivity contribution in [2.24, 2.45) is 0 Å². The van der Waals surface area contributed by atoms with Crippen LogP contribution in [0.5, 0.6) is 29.4 Å². The number of fused-ring (bicyclic) bond motifs is 5. The van der Waals surface area contributed by atoms with Gasteiger partial charge in [0.2, 0.25) is 29.4 Å². The molecular formula is C105H101ClF3N15O10. The van der Waals surface area contributed by atoms with Crippen LogP contribution in [0.1, 0.15) is 137 Å². The summed E-state index contributed by atoms with van der Waals surface area (Å²) in [4.78, 5) is 73.1. The molecule has 0 bridgehead atoms. The summed E-state index contributed by atoms with van der Waals surface area (Å²) in [5.74, 6) is 1.05. The van der Waals surface area contributed by atoms with Crippen LogP contribution in [0.25, 0.3) is 0 Å². The van der Waals surface area contributed by atoms with E-state index in [1.54, 1.807) is 105 Å². The predicted molar refractivity (Wildman–Crippen MR) is 499 cm³/mol. The Labute approximate surface area is 779 Å². The van der Waals surface area contributed by atoms with E-state index in [4.69, 9.17) is 35.3 Å². The molecule has 0 atom stereocenters. The average Bonchev–Trinajstić information content (AvgIpc) is 1.64. The number of halogens is 4. The zero-order valence-electron chi connectivity index (χ0n) is 74.8. The number of amides is 5. The minimum absolute atomic E-state index is 0.00779. The van der Waals surface area contributed by atoms with E-state index in [2.05, 4.69) is 25.5 Å². The number of benzene rings is 10. The summed E-state index contributed by atoms with van der Waals surface area (Å²) in [5.41, 5.74) is 15.7. The molecule has 20 rings (SSSR count). The van der Waals surface area contributed by atoms with E-state index in [1.807, 2.05) is 232 Å². The van der Waals surface area contributed by atoms with Crippen LogP contribution >= 0.6 is 11.6 Å². The number of aromatic nitrogens is 10. The minimum Gasteiger partial charge on any atom is -0.472 e. The molecule has 25 nitrogen and oxygen atoms in total. The second-order valence-corrected chi connectivity index (χ2v) is 33.4. The Hall–Kier alpha value is -15.3. The SMILES string of the molecule is Cc1cc(CN2CCn3nc(OCc4ccccc4)cc3C2=O)ccc1F.Cc1ccc(F)cc1CN1CCn2nc(OCc3ccccc3)cc2C1=O.Cc1cccc(CN2CCn3nc(OCc4ccccc4)cc3C2=O)c1Cl.Cc1cccc(F)c1CN1CCn2nc(OCc3ccccc3)cc2C1=O.O=C1c2cc(OCc3ccccc3)nn2CCCN1Cc1ccccc1. The number of hydrogen-bond donors (Lipinski definition) is 0. The van der Waals surface area contributed by atoms with Crippen LogP contribution in [0.4, 0.5) is 13.2 Å². The van der Waals surface area contributed by atoms with Crippen LogP contribution in [-0.2, 0) is 98.5 Å². The van der Waals surface area contributed by atoms with Crippen LogP contribution in [0.2, 0.25) is 5.02 Å². The lowest BCUT2D eigenvalue weighted by Gasteiger charge is -2.28. The molecule has 15 aromatic rings. The van der Waals surface area contributed by atoms with Crippen LogP contribution in [-0.4, -0.2) is 136 Å². The first kappa shape index (κ1) is 92.0. The number of carbonyl (C=O) groups is 5. The Kier molecular flexibility index (Phi) is 29.9. The molecule has 5 aliphatic heterocycles. The maximum atomic E-state index is 14.1. The Morgan fingerprint density at radius 3 is 0.978 bits per heavy atom. The zero-order chi connectivity index (χ0) is 93.0. The Morgan fingerprint density at radius 1 is 0.269 bits per heavy atom. The summed E-state index contributed by atoms with van der Waals surface area (Å²) in [6, 6.07) is 88.3. The molecule has 0 aliphatic carbocycles. The fourth-order valence-electron chi connectivity index (χ4n) is 16.0. The number of aryl methyl sites for hydroxylation is 5. The molecule has 0 radical (unpaired) electrons. The van der Waals surface area contributed by atoms with E-state index in [0.29, 0.717) is 181 Å². The van der Waals surface area contributed by atoms with Crippen molar-refractivity contribution in [2.45, 2.75) is 133 Å². The molecule has 10 heterocycles. The quantitative estimate of drug-likeness (QED) is 0.0517. The molecule has 684 valence electrons. The van der Waals surface area contributed by atoms with Crippen LogP contribution in [0.15, 0.2) is 285 Å². The van der Waals surface area contributed by atoms with Crippen LogP contribution in [0, 0.1) is 45.1 Å². The molecule has 0 saturated carbocycles. The minimum atomic E-state index is -0.290. The molecule has 0 unspecified atom stereocenters. The van der Waals surface area contributed by atoms with Crippen molar-refractivity contribution >= 4 is 41.1 Å². The lowest BCUT2D eigenvalue weighted by atomic mass is 10.1. The monoisotopic (exact) mass is 1820 g/mol. The highest BCUT2D eigenvalue weighted by atomic mass is 35.5. The molecule has 0 spiro atoms. The smallest absolute Gasteiger partial charge is 0.272 e. The second kappa shape index (κ2) is 43.6. The Bertz CT molecular complexity index is 6450. The third-order valence-corrected chi connectivity index (χ3v) is 24.0. The topological polar surface area (TPSA) is 237 Å². The van der Waals surface area contributed by atoms with Gasteiger partial charge in [0.15, 0.2) is 0 Å². The molecule has 5 aromatic heterocycles. The van der Waals surface area contributed by atoms with Crippen molar-refractivity contribution in [3.63, 3.8) is 0 Å². The van der Waals surface area contributed by atoms with Gasteiger partial charge < -0.3 is 48.2 Å². The van der Waals surface area contributed by atoms with Crippen molar-refractivity contribution in [1.29, 1.82) is 0 Å². The third-order valence-electron chi connectivity index (χ3n) is 23.4. The van der Waals surface area contributed by atoms with Gasteiger partial charge in [-0.1, -0.05) is 242 Å². The highest BCUT2D eigenvalue weighted by Gasteiger charge is 2.33. The summed E-state index contributed by atoms with van der Waals surface area (Å²) in [6.45, 7) is 17.7. The van der Waals surface area contributed by atoms with E-state index < -0.39 is 0 Å². The van der Waals surface area contributed by atoms with Gasteiger partial charge >= 0.3 is 0 Å². The lowest BCUT2D eigenvalue weighted by molar-refractivity contribution is 0.0674. The fraction of sp³-hybridized carbons (Fsp3) is 0.238. The van der Waals surface area contributed by atoms with Gasteiger partial charge in [-0.15, -0.1) is 25.5 Å². The molecule has 0 N–H and O–H groups in total. The van der Waals surface area contributed by atoms with Crippen LogP contribution in [0.3, 0.4) is 0 Å². The van der Waals surface area contributed by atoms with Gasteiger partial charge in [-0.25, -0.2) is 13.2 Å². The molecule has 134 heavy (non-hydrogen) atoms. The number of nitrogens with zero attached hydrogens (tertiary/aromatic N) is 15. The summed E-state index contributed by atoms with van der Waals surface area (Å²) in [6.07, 6.45) is 0.880. The van der Waals surface area contributed by atoms with Crippen molar-refractivity contribution in [1.82, 2.24) is 73.4 Å². The first-order valence-electron chi connectivity index (χ1n) is 44.4. The largest absolute Gasteiger partial charge is 0.472 e. The Morgan fingerprint density at radius 2 is 0.597 bits per heavy atom. The van der Waals surface area contributed by atoms with Gasteiger partial charge in [-0.2, -0.15) is 0 Å². The molecule has 29 heteroatoms. The van der Waals surface area contributed by atoms with Crippen molar-refractivity contribution in [3.8, 4) is 29.4 Å². The molecule has 0 fully saturated rings. The summed E-state index contributed by atoms with van der Waals surface area (Å²) >= 11 is 6.39. The van der Waals surface area contributed by atoms with Gasteiger partial charge in [0.05, 0.1) is 26.2 Å². The molecule has 5 amide bonds. The number of ether oxygens (including phenoxy) is 5. The molecule has 5 aliphatic rings. The number of rotatable bonds is 25. The van der Waals surface area contributed by atoms with Crippen molar-refractivity contribution < 1.29 is 60.8 Å². The highest BCUT2D eigenvalue weighted by molar-refractivity contribution is 6.32. The standard InChI is InChI=1S/C21H20ClN3O2.3C21H20FN3O2.C21H21N3O2/c1-15-6-5-9-17(20(15)22)13-24-10-11-25-18(21(24)26)12-19(23-25)27-14-16-7-3-2-4-8-16;1-15-6-5-9-18(22)17(15)13-24-10-11-25-19(21(24)26)12-20(23-25)27-14-16-7-3-2-4-8-16;1-15-11-17(7-8-18(15)22)13-24-9-10-25-19(21(24)26)12-20(23-25)27-14-16-5-3-2-4-6-16;1-15-7-8-18(22)11-17(15)13-24-9-10-25-19(21(24)26)12-20(23-25)27-14-16-5-3-2-4-6-16;25-21-19-14-20(26-16-18-10-5-2-6-11-18)22-24(19)13-7-12-23(21)15-17-8-3-1-4-9-17/h2*2-9,12H,10-11,13-14H2,1H3;2*2-8,11-12H,9-10,13-14H2,1H3;1-6,8-11,14H,7,12-13,15-16H2. The maximum absolute atomic E-state index is 14.1. The third kappa shape index (κ3) is 23.5. The van der Waals surface area contributed by atoms with Gasteiger partial charge in [0.25, 0.3) is 29.5 Å². The summed E-state index contributed by atoms with van der Waals surface area (Å²) < 4.78 is 78.3. The average molecular weight is 1830 g/mol.